The Morgan fingerprint density at radius 2 is 2.00 bits per heavy atom. The van der Waals surface area contributed by atoms with Gasteiger partial charge in [-0.15, -0.1) is 11.3 Å². The van der Waals surface area contributed by atoms with Crippen LogP contribution in [0.3, 0.4) is 0 Å². The van der Waals surface area contributed by atoms with Gasteiger partial charge >= 0.3 is 5.97 Å². The quantitative estimate of drug-likeness (QED) is 0.641. The van der Waals surface area contributed by atoms with Gasteiger partial charge < -0.3 is 5.11 Å². The van der Waals surface area contributed by atoms with Crippen LogP contribution >= 0.6 is 23.1 Å². The first-order valence-electron chi connectivity index (χ1n) is 6.29. The largest absolute Gasteiger partial charge is 0.477 e. The number of nitrogens with one attached hydrogen (secondary N) is 1. The van der Waals surface area contributed by atoms with Crippen molar-refractivity contribution >= 4 is 39.1 Å². The Morgan fingerprint density at radius 1 is 1.30 bits per heavy atom. The smallest absolute Gasteiger partial charge is 0.345 e. The fourth-order valence-electron chi connectivity index (χ4n) is 1.58. The van der Waals surface area contributed by atoms with Crippen LogP contribution in [0.2, 0.25) is 0 Å². The Labute approximate surface area is 127 Å². The van der Waals surface area contributed by atoms with Crippen LogP contribution in [0, 0.1) is 0 Å². The summed E-state index contributed by atoms with van der Waals surface area (Å²) in [5.41, 5.74) is 0. The average Bonchev–Trinajstić information content (AvgIpc) is 2.88. The highest BCUT2D eigenvalue weighted by Crippen LogP contribution is 2.21. The molecule has 1 aromatic rings. The number of rotatable bonds is 10. The van der Waals surface area contributed by atoms with Gasteiger partial charge in [-0.25, -0.2) is 17.9 Å². The SMILES string of the molecule is CSCCCCCCNS(=O)(=O)c1ccc(C(=O)O)s1. The lowest BCUT2D eigenvalue weighted by Gasteiger charge is -2.04. The van der Waals surface area contributed by atoms with E-state index in [1.54, 1.807) is 0 Å². The summed E-state index contributed by atoms with van der Waals surface area (Å²) in [6.45, 7) is 0.391. The first-order chi connectivity index (χ1) is 9.47. The zero-order chi connectivity index (χ0) is 15.0. The Bertz CT molecular complexity index is 525. The van der Waals surface area contributed by atoms with Crippen LogP contribution in [0.15, 0.2) is 16.3 Å². The molecule has 1 rings (SSSR count). The molecule has 0 saturated heterocycles. The zero-order valence-corrected chi connectivity index (χ0v) is 13.7. The lowest BCUT2D eigenvalue weighted by Crippen LogP contribution is -2.23. The topological polar surface area (TPSA) is 83.5 Å². The number of hydrogen-bond donors (Lipinski definition) is 2. The molecule has 2 N–H and O–H groups in total. The Morgan fingerprint density at radius 3 is 2.60 bits per heavy atom. The van der Waals surface area contributed by atoms with E-state index in [4.69, 9.17) is 5.11 Å². The highest BCUT2D eigenvalue weighted by molar-refractivity contribution is 7.98. The molecule has 1 aromatic heterocycles. The summed E-state index contributed by atoms with van der Waals surface area (Å²) in [6, 6.07) is 2.64. The van der Waals surface area contributed by atoms with Crippen molar-refractivity contribution in [1.82, 2.24) is 4.72 Å². The summed E-state index contributed by atoms with van der Waals surface area (Å²) in [4.78, 5) is 10.8. The van der Waals surface area contributed by atoms with Crippen LogP contribution in [0.4, 0.5) is 0 Å². The van der Waals surface area contributed by atoms with E-state index in [0.29, 0.717) is 6.54 Å². The molecule has 114 valence electrons. The first-order valence-corrected chi connectivity index (χ1v) is 9.98. The van der Waals surface area contributed by atoms with Crippen LogP contribution < -0.4 is 4.72 Å². The molecule has 8 heteroatoms. The zero-order valence-electron chi connectivity index (χ0n) is 11.3. The molecule has 0 unspecified atom stereocenters. The maximum Gasteiger partial charge on any atom is 0.345 e. The second kappa shape index (κ2) is 8.66. The van der Waals surface area contributed by atoms with Crippen LogP contribution in [0.1, 0.15) is 35.4 Å². The van der Waals surface area contributed by atoms with Gasteiger partial charge in [-0.2, -0.15) is 11.8 Å². The summed E-state index contributed by atoms with van der Waals surface area (Å²) >= 11 is 2.58. The number of thioether (sulfide) groups is 1. The number of sulfonamides is 1. The molecule has 0 radical (unpaired) electrons. The second-order valence-corrected chi connectivity index (χ2v) is 8.29. The summed E-state index contributed by atoms with van der Waals surface area (Å²) in [6.07, 6.45) is 6.12. The minimum Gasteiger partial charge on any atom is -0.477 e. The van der Waals surface area contributed by atoms with Crippen LogP contribution in [-0.4, -0.2) is 38.0 Å². The van der Waals surface area contributed by atoms with Crippen molar-refractivity contribution in [2.45, 2.75) is 29.9 Å². The Kier molecular flexibility index (Phi) is 7.57. The van der Waals surface area contributed by atoms with E-state index in [1.807, 2.05) is 11.8 Å². The molecule has 0 fully saturated rings. The van der Waals surface area contributed by atoms with Crippen molar-refractivity contribution in [3.05, 3.63) is 17.0 Å². The van der Waals surface area contributed by atoms with Crippen molar-refractivity contribution in [2.75, 3.05) is 18.6 Å². The molecular formula is C12H19NO4S3. The number of carboxylic acids is 1. The van der Waals surface area contributed by atoms with Gasteiger partial charge in [-0.05, 0) is 37.0 Å². The number of carboxylic acid groups (broad SMARTS) is 1. The molecule has 0 aliphatic heterocycles. The van der Waals surface area contributed by atoms with E-state index in [-0.39, 0.29) is 9.09 Å². The molecule has 0 amide bonds. The standard InChI is InChI=1S/C12H19NO4S3/c1-18-9-5-3-2-4-8-13-20(16,17)11-7-6-10(19-11)12(14)15/h6-7,13H,2-5,8-9H2,1H3,(H,14,15). The number of carbonyl (C=O) groups is 1. The minimum atomic E-state index is -3.57. The fourth-order valence-corrected chi connectivity index (χ4v) is 4.34. The molecule has 0 saturated carbocycles. The van der Waals surface area contributed by atoms with Crippen molar-refractivity contribution in [3.8, 4) is 0 Å². The van der Waals surface area contributed by atoms with Crippen molar-refractivity contribution in [2.24, 2.45) is 0 Å². The van der Waals surface area contributed by atoms with Crippen molar-refractivity contribution in [1.29, 1.82) is 0 Å². The monoisotopic (exact) mass is 337 g/mol. The van der Waals surface area contributed by atoms with E-state index in [2.05, 4.69) is 11.0 Å². The molecule has 0 aliphatic rings. The highest BCUT2D eigenvalue weighted by atomic mass is 32.2. The maximum absolute atomic E-state index is 11.9. The van der Waals surface area contributed by atoms with Gasteiger partial charge in [0.2, 0.25) is 10.0 Å². The maximum atomic E-state index is 11.9. The van der Waals surface area contributed by atoms with Crippen LogP contribution in [0.25, 0.3) is 0 Å². The molecule has 0 bridgehead atoms. The number of unbranched alkanes of at least 4 members (excludes halogenated alkanes) is 3. The molecule has 20 heavy (non-hydrogen) atoms. The van der Waals surface area contributed by atoms with E-state index < -0.39 is 16.0 Å². The lowest BCUT2D eigenvalue weighted by atomic mass is 10.2. The van der Waals surface area contributed by atoms with Gasteiger partial charge in [-0.3, -0.25) is 0 Å². The predicted octanol–water partition coefficient (Wildman–Crippen LogP) is 2.65. The third-order valence-corrected chi connectivity index (χ3v) is 6.35. The average molecular weight is 337 g/mol. The molecule has 0 spiro atoms. The third kappa shape index (κ3) is 5.82. The molecular weight excluding hydrogens is 318 g/mol. The fraction of sp³-hybridized carbons (Fsp3) is 0.583. The van der Waals surface area contributed by atoms with Crippen molar-refractivity contribution in [3.63, 3.8) is 0 Å². The van der Waals surface area contributed by atoms with Gasteiger partial charge in [0.25, 0.3) is 0 Å². The van der Waals surface area contributed by atoms with Gasteiger partial charge in [0.15, 0.2) is 0 Å². The Hall–Kier alpha value is -0.570. The molecule has 5 nitrogen and oxygen atoms in total. The van der Waals surface area contributed by atoms with Gasteiger partial charge in [0, 0.05) is 6.54 Å². The van der Waals surface area contributed by atoms with E-state index in [9.17, 15) is 13.2 Å². The normalized spacial score (nSPS) is 11.7. The van der Waals surface area contributed by atoms with Gasteiger partial charge in [0.1, 0.15) is 9.09 Å². The van der Waals surface area contributed by atoms with Crippen LogP contribution in [-0.2, 0) is 10.0 Å². The number of aromatic carboxylic acids is 1. The number of hydrogen-bond acceptors (Lipinski definition) is 5. The number of thiophene rings is 1. The highest BCUT2D eigenvalue weighted by Gasteiger charge is 2.18. The van der Waals surface area contributed by atoms with Crippen LogP contribution in [0.5, 0.6) is 0 Å². The van der Waals surface area contributed by atoms with Gasteiger partial charge in [-0.1, -0.05) is 12.8 Å². The predicted molar refractivity (Wildman–Crippen MR) is 83.3 cm³/mol. The summed E-state index contributed by atoms with van der Waals surface area (Å²) in [5, 5.41) is 8.77. The lowest BCUT2D eigenvalue weighted by molar-refractivity contribution is 0.0702. The third-order valence-electron chi connectivity index (χ3n) is 2.62. The minimum absolute atomic E-state index is 0.0300. The van der Waals surface area contributed by atoms with Gasteiger partial charge in [0.05, 0.1) is 0 Å². The van der Waals surface area contributed by atoms with E-state index >= 15 is 0 Å². The second-order valence-electron chi connectivity index (χ2n) is 4.23. The summed E-state index contributed by atoms with van der Waals surface area (Å²) in [7, 11) is -3.57. The molecule has 1 heterocycles. The summed E-state index contributed by atoms with van der Waals surface area (Å²) in [5.74, 6) is 0.0315. The molecule has 0 atom stereocenters. The summed E-state index contributed by atoms with van der Waals surface area (Å²) < 4.78 is 26.4. The van der Waals surface area contributed by atoms with Crippen molar-refractivity contribution < 1.29 is 18.3 Å². The first kappa shape index (κ1) is 17.5. The molecule has 0 aliphatic carbocycles. The molecule has 0 aromatic carbocycles. The Balaban J connectivity index is 2.36. The van der Waals surface area contributed by atoms with E-state index in [0.717, 1.165) is 42.8 Å². The van der Waals surface area contributed by atoms with E-state index in [1.165, 1.54) is 12.1 Å².